The molecule has 0 amide bonds. The van der Waals surface area contributed by atoms with Gasteiger partial charge in [-0.3, -0.25) is 0 Å². The van der Waals surface area contributed by atoms with E-state index in [2.05, 4.69) is 89.1 Å². The number of hydrogen-bond acceptors (Lipinski definition) is 1. The molecule has 1 aromatic carbocycles. The van der Waals surface area contributed by atoms with Gasteiger partial charge in [0.05, 0.1) is 6.10 Å². The Balaban J connectivity index is 2.95. The lowest BCUT2D eigenvalue weighted by Crippen LogP contribution is -2.65. The van der Waals surface area contributed by atoms with Crippen LogP contribution in [0.15, 0.2) is 30.3 Å². The van der Waals surface area contributed by atoms with Crippen LogP contribution in [0.3, 0.4) is 0 Å². The van der Waals surface area contributed by atoms with Gasteiger partial charge in [0.25, 0.3) is 0 Å². The first-order valence-electron chi connectivity index (χ1n) is 8.41. The van der Waals surface area contributed by atoms with Crippen molar-refractivity contribution in [3.8, 4) is 11.8 Å². The van der Waals surface area contributed by atoms with Crippen molar-refractivity contribution in [2.45, 2.75) is 65.9 Å². The van der Waals surface area contributed by atoms with Crippen LogP contribution in [0.25, 0.3) is 0 Å². The molecule has 1 rings (SSSR count). The van der Waals surface area contributed by atoms with Crippen molar-refractivity contribution < 1.29 is 4.43 Å². The molecule has 1 nitrogen and oxygen atoms in total. The van der Waals surface area contributed by atoms with Crippen LogP contribution >= 0.6 is 0 Å². The second-order valence-electron chi connectivity index (χ2n) is 7.31. The second-order valence-corrected chi connectivity index (χ2v) is 21.8. The van der Waals surface area contributed by atoms with Crippen LogP contribution in [0.1, 0.15) is 33.6 Å². The van der Waals surface area contributed by atoms with E-state index in [1.807, 2.05) is 0 Å². The molecule has 0 fully saturated rings. The molecular weight excluding hydrogens is 300 g/mol. The lowest BCUT2D eigenvalue weighted by Gasteiger charge is -2.41. The molecule has 0 bridgehead atoms. The fourth-order valence-electron chi connectivity index (χ4n) is 2.44. The van der Waals surface area contributed by atoms with Crippen molar-refractivity contribution in [1.29, 1.82) is 0 Å². The van der Waals surface area contributed by atoms with E-state index in [1.165, 1.54) is 5.19 Å². The molecular formula is C19H32OSi2. The van der Waals surface area contributed by atoms with Gasteiger partial charge in [-0.05, 0) is 19.0 Å². The summed E-state index contributed by atoms with van der Waals surface area (Å²) in [4.78, 5) is 0. The van der Waals surface area contributed by atoms with Crippen molar-refractivity contribution in [3.05, 3.63) is 30.3 Å². The Morgan fingerprint density at radius 2 is 1.59 bits per heavy atom. The fourth-order valence-corrected chi connectivity index (χ4v) is 9.49. The first kappa shape index (κ1) is 19.2. The third-order valence-electron chi connectivity index (χ3n) is 4.80. The standard InChI is InChI=1S/C19H32OSi2/c1-8-9-11-16-19(17(2)3)20-22(6,7)21(4,5)18-14-12-10-13-15-18/h10,12-15,17,19H,8,16H2,1-7H3. The summed E-state index contributed by atoms with van der Waals surface area (Å²) >= 11 is 0. The molecule has 0 spiro atoms. The molecule has 0 aliphatic carbocycles. The Morgan fingerprint density at radius 3 is 2.09 bits per heavy atom. The molecule has 22 heavy (non-hydrogen) atoms. The zero-order valence-electron chi connectivity index (χ0n) is 15.4. The highest BCUT2D eigenvalue weighted by atomic mass is 29.3. The zero-order valence-corrected chi connectivity index (χ0v) is 17.4. The first-order valence-corrected chi connectivity index (χ1v) is 15.3. The summed E-state index contributed by atoms with van der Waals surface area (Å²) in [6, 6.07) is 11.0. The Kier molecular flexibility index (Phi) is 7.12. The van der Waals surface area contributed by atoms with Crippen LogP contribution in [0.5, 0.6) is 0 Å². The summed E-state index contributed by atoms with van der Waals surface area (Å²) in [6.45, 7) is 16.3. The fraction of sp³-hybridized carbons (Fsp3) is 0.579. The van der Waals surface area contributed by atoms with E-state index in [-0.39, 0.29) is 6.10 Å². The van der Waals surface area contributed by atoms with Crippen molar-refractivity contribution in [1.82, 2.24) is 0 Å². The SMILES string of the molecule is CCC#CCC(O[Si](C)(C)[Si](C)(C)c1ccccc1)C(C)C. The van der Waals surface area contributed by atoms with Crippen LogP contribution in [-0.4, -0.2) is 21.5 Å². The van der Waals surface area contributed by atoms with Gasteiger partial charge in [-0.15, -0.1) is 11.8 Å². The molecule has 0 N–H and O–H groups in total. The molecule has 0 aromatic heterocycles. The van der Waals surface area contributed by atoms with Gasteiger partial charge in [0.2, 0.25) is 0 Å². The predicted octanol–water partition coefficient (Wildman–Crippen LogP) is 4.73. The molecule has 0 radical (unpaired) electrons. The monoisotopic (exact) mass is 332 g/mol. The minimum atomic E-state index is -1.79. The van der Waals surface area contributed by atoms with Crippen LogP contribution < -0.4 is 5.19 Å². The topological polar surface area (TPSA) is 9.23 Å². The summed E-state index contributed by atoms with van der Waals surface area (Å²) in [5.74, 6) is 6.99. The Bertz CT molecular complexity index is 509. The van der Waals surface area contributed by atoms with Gasteiger partial charge in [0.15, 0.2) is 7.83 Å². The lowest BCUT2D eigenvalue weighted by atomic mass is 10.1. The zero-order chi connectivity index (χ0) is 16.8. The van der Waals surface area contributed by atoms with E-state index in [0.29, 0.717) is 5.92 Å². The molecule has 122 valence electrons. The molecule has 0 aliphatic heterocycles. The van der Waals surface area contributed by atoms with E-state index in [1.54, 1.807) is 0 Å². The van der Waals surface area contributed by atoms with Crippen molar-refractivity contribution >= 4 is 20.6 Å². The largest absolute Gasteiger partial charge is 0.416 e. The minimum Gasteiger partial charge on any atom is -0.416 e. The molecule has 0 aliphatic rings. The van der Waals surface area contributed by atoms with Gasteiger partial charge in [0.1, 0.15) is 7.59 Å². The van der Waals surface area contributed by atoms with E-state index >= 15 is 0 Å². The highest BCUT2D eigenvalue weighted by Crippen LogP contribution is 2.25. The molecule has 0 saturated carbocycles. The number of benzene rings is 1. The lowest BCUT2D eigenvalue weighted by molar-refractivity contribution is 0.153. The van der Waals surface area contributed by atoms with Gasteiger partial charge in [-0.1, -0.05) is 69.4 Å². The highest BCUT2D eigenvalue weighted by molar-refractivity contribution is 7.43. The van der Waals surface area contributed by atoms with Crippen molar-refractivity contribution in [2.75, 3.05) is 0 Å². The van der Waals surface area contributed by atoms with Gasteiger partial charge < -0.3 is 4.43 Å². The maximum atomic E-state index is 6.76. The highest BCUT2D eigenvalue weighted by Gasteiger charge is 2.45. The molecule has 1 unspecified atom stereocenters. The van der Waals surface area contributed by atoms with Crippen LogP contribution in [0, 0.1) is 17.8 Å². The molecule has 0 saturated heterocycles. The van der Waals surface area contributed by atoms with E-state index in [4.69, 9.17) is 4.43 Å². The van der Waals surface area contributed by atoms with Crippen LogP contribution in [0.2, 0.25) is 26.2 Å². The predicted molar refractivity (Wildman–Crippen MR) is 103 cm³/mol. The van der Waals surface area contributed by atoms with E-state index in [0.717, 1.165) is 12.8 Å². The van der Waals surface area contributed by atoms with Gasteiger partial charge in [-0.25, -0.2) is 0 Å². The normalized spacial score (nSPS) is 13.6. The molecule has 3 heteroatoms. The second kappa shape index (κ2) is 8.15. The summed E-state index contributed by atoms with van der Waals surface area (Å²) in [6.07, 6.45) is 2.05. The summed E-state index contributed by atoms with van der Waals surface area (Å²) < 4.78 is 6.76. The van der Waals surface area contributed by atoms with Crippen LogP contribution in [-0.2, 0) is 4.43 Å². The van der Waals surface area contributed by atoms with Crippen molar-refractivity contribution in [3.63, 3.8) is 0 Å². The first-order chi connectivity index (χ1) is 10.2. The third-order valence-corrected chi connectivity index (χ3v) is 20.7. The van der Waals surface area contributed by atoms with Gasteiger partial charge >= 0.3 is 0 Å². The minimum absolute atomic E-state index is 0.260. The average Bonchev–Trinajstić information content (AvgIpc) is 2.47. The maximum Gasteiger partial charge on any atom is 0.179 e. The summed E-state index contributed by atoms with van der Waals surface area (Å²) in [5.41, 5.74) is 0. The van der Waals surface area contributed by atoms with Crippen LogP contribution in [0.4, 0.5) is 0 Å². The number of hydrogen-bond donors (Lipinski definition) is 0. The smallest absolute Gasteiger partial charge is 0.179 e. The Labute approximate surface area is 139 Å². The third kappa shape index (κ3) is 4.84. The quantitative estimate of drug-likeness (QED) is 0.540. The maximum absolute atomic E-state index is 6.76. The molecule has 1 aromatic rings. The van der Waals surface area contributed by atoms with E-state index < -0.39 is 15.4 Å². The average molecular weight is 333 g/mol. The van der Waals surface area contributed by atoms with E-state index in [9.17, 15) is 0 Å². The Hall–Kier alpha value is -0.826. The molecule has 1 atom stereocenters. The summed E-state index contributed by atoms with van der Waals surface area (Å²) in [7, 11) is -3.38. The summed E-state index contributed by atoms with van der Waals surface area (Å²) in [5, 5.41) is 1.51. The number of rotatable bonds is 6. The van der Waals surface area contributed by atoms with Crippen molar-refractivity contribution in [2.24, 2.45) is 5.92 Å². The Morgan fingerprint density at radius 1 is 1.00 bits per heavy atom. The van der Waals surface area contributed by atoms with Gasteiger partial charge in [-0.2, -0.15) is 0 Å². The van der Waals surface area contributed by atoms with Gasteiger partial charge in [0, 0.05) is 12.8 Å². The molecule has 0 heterocycles.